The number of halogens is 1. The highest BCUT2D eigenvalue weighted by Gasteiger charge is 2.22. The van der Waals surface area contributed by atoms with Crippen LogP contribution < -0.4 is 5.73 Å². The predicted molar refractivity (Wildman–Crippen MR) is 81.4 cm³/mol. The van der Waals surface area contributed by atoms with Crippen LogP contribution in [0.1, 0.15) is 5.56 Å². The Morgan fingerprint density at radius 3 is 2.90 bits per heavy atom. The molecule has 1 atom stereocenters. The zero-order valence-corrected chi connectivity index (χ0v) is 12.3. The van der Waals surface area contributed by atoms with Gasteiger partial charge in [0.15, 0.2) is 4.90 Å². The summed E-state index contributed by atoms with van der Waals surface area (Å²) in [6.07, 6.45) is 0. The van der Waals surface area contributed by atoms with Crippen molar-refractivity contribution in [3.05, 3.63) is 47.0 Å². The van der Waals surface area contributed by atoms with Crippen molar-refractivity contribution < 1.29 is 4.55 Å². The lowest BCUT2D eigenvalue weighted by molar-refractivity contribution is 0.588. The molecule has 0 spiro atoms. The molecule has 102 valence electrons. The fourth-order valence-corrected chi connectivity index (χ4v) is 3.34. The van der Waals surface area contributed by atoms with Gasteiger partial charge in [0.2, 0.25) is 0 Å². The molecular formula is C14H12ClN3OS. The summed E-state index contributed by atoms with van der Waals surface area (Å²) < 4.78 is 12.6. The summed E-state index contributed by atoms with van der Waals surface area (Å²) in [4.78, 5) is 8.06. The Hall–Kier alpha value is -1.69. The number of nitrogens with two attached hydrogens (primary N) is 1. The van der Waals surface area contributed by atoms with Crippen LogP contribution in [-0.2, 0) is 11.2 Å². The van der Waals surface area contributed by atoms with Crippen LogP contribution in [0.2, 0.25) is 5.02 Å². The van der Waals surface area contributed by atoms with E-state index in [1.54, 1.807) is 30.3 Å². The summed E-state index contributed by atoms with van der Waals surface area (Å²) in [6, 6.07) is 10.7. The van der Waals surface area contributed by atoms with Gasteiger partial charge in [-0.1, -0.05) is 17.7 Å². The number of imidazole rings is 1. The second-order valence-corrected chi connectivity index (χ2v) is 6.24. The van der Waals surface area contributed by atoms with Crippen LogP contribution in [0.3, 0.4) is 0 Å². The van der Waals surface area contributed by atoms with E-state index in [2.05, 4.69) is 9.97 Å². The topological polar surface area (TPSA) is 77.8 Å². The maximum Gasteiger partial charge on any atom is 0.327 e. The number of fused-ring (bicyclic) bond motifs is 1. The van der Waals surface area contributed by atoms with E-state index in [9.17, 15) is 4.55 Å². The predicted octanol–water partition coefficient (Wildman–Crippen LogP) is 3.27. The van der Waals surface area contributed by atoms with Gasteiger partial charge in [-0.15, -0.1) is 0 Å². The van der Waals surface area contributed by atoms with Crippen LogP contribution >= 0.6 is 11.6 Å². The Morgan fingerprint density at radius 1 is 1.30 bits per heavy atom. The molecule has 0 fully saturated rings. The second kappa shape index (κ2) is 5.01. The van der Waals surface area contributed by atoms with Crippen LogP contribution in [-0.4, -0.2) is 14.5 Å². The minimum atomic E-state index is -1.40. The second-order valence-electron chi connectivity index (χ2n) is 4.44. The van der Waals surface area contributed by atoms with Crippen molar-refractivity contribution in [2.75, 3.05) is 5.73 Å². The van der Waals surface area contributed by atoms with Crippen LogP contribution in [0.4, 0.5) is 5.69 Å². The van der Waals surface area contributed by atoms with E-state index in [-0.39, 0.29) is 0 Å². The molecule has 0 radical (unpaired) electrons. The molecule has 0 amide bonds. The molecule has 0 saturated heterocycles. The van der Waals surface area contributed by atoms with Gasteiger partial charge < -0.3 is 10.3 Å². The molecule has 3 aromatic rings. The molecule has 2 aromatic carbocycles. The maximum absolute atomic E-state index is 12.6. The quantitative estimate of drug-likeness (QED) is 0.563. The fourth-order valence-electron chi connectivity index (χ4n) is 1.98. The molecule has 4 nitrogen and oxygen atoms in total. The number of nitrogen functional groups attached to an aromatic ring is 1. The number of hydrogen-bond acceptors (Lipinski definition) is 3. The Bertz CT molecular complexity index is 787. The van der Waals surface area contributed by atoms with Gasteiger partial charge in [-0.2, -0.15) is 4.98 Å². The zero-order chi connectivity index (χ0) is 14.3. The average Bonchev–Trinajstić information content (AvgIpc) is 2.84. The smallest absolute Gasteiger partial charge is 0.327 e. The number of hydrogen-bond donors (Lipinski definition) is 2. The van der Waals surface area contributed by atoms with E-state index in [4.69, 9.17) is 17.3 Å². The number of nitrogens with zero attached hydrogens (tertiary/aromatic N) is 1. The van der Waals surface area contributed by atoms with E-state index < -0.39 is 11.2 Å². The Kier molecular flexibility index (Phi) is 3.33. The standard InChI is InChI=1S/C14H12ClN3OS/c1-8-10(16)3-2-4-13(8)20(19)14-17-11-6-5-9(15)7-12(11)18-14/h2-7H,16H2,1H3,(H,17,18). The van der Waals surface area contributed by atoms with E-state index >= 15 is 0 Å². The highest BCUT2D eigenvalue weighted by Crippen LogP contribution is 2.27. The van der Waals surface area contributed by atoms with Crippen molar-refractivity contribution in [2.45, 2.75) is 17.0 Å². The molecule has 0 aliphatic carbocycles. The van der Waals surface area contributed by atoms with Gasteiger partial charge in [0, 0.05) is 16.3 Å². The van der Waals surface area contributed by atoms with Crippen molar-refractivity contribution >= 4 is 39.5 Å². The van der Waals surface area contributed by atoms with E-state index in [0.717, 1.165) is 11.1 Å². The lowest BCUT2D eigenvalue weighted by atomic mass is 10.2. The molecule has 0 saturated carbocycles. The summed E-state index contributed by atoms with van der Waals surface area (Å²) in [5.41, 5.74) is 8.78. The van der Waals surface area contributed by atoms with E-state index in [1.807, 2.05) is 13.0 Å². The number of nitrogens with one attached hydrogen (secondary N) is 1. The molecule has 3 rings (SSSR count). The zero-order valence-electron chi connectivity index (χ0n) is 10.7. The summed E-state index contributed by atoms with van der Waals surface area (Å²) in [7, 11) is 0. The third-order valence-electron chi connectivity index (χ3n) is 3.12. The molecule has 0 aliphatic heterocycles. The summed E-state index contributed by atoms with van der Waals surface area (Å²) >= 11 is 4.53. The molecule has 1 aromatic heterocycles. The third kappa shape index (κ3) is 2.24. The molecule has 3 N–H and O–H groups in total. The maximum atomic E-state index is 12.6. The van der Waals surface area contributed by atoms with Gasteiger partial charge in [0.1, 0.15) is 0 Å². The molecule has 0 bridgehead atoms. The Balaban J connectivity index is 2.08. The largest absolute Gasteiger partial charge is 0.604 e. The molecule has 0 aliphatic rings. The molecule has 20 heavy (non-hydrogen) atoms. The monoisotopic (exact) mass is 305 g/mol. The highest BCUT2D eigenvalue weighted by atomic mass is 35.5. The molecular weight excluding hydrogens is 294 g/mol. The van der Waals surface area contributed by atoms with Gasteiger partial charge in [-0.3, -0.25) is 4.98 Å². The van der Waals surface area contributed by atoms with Crippen LogP contribution in [0.5, 0.6) is 0 Å². The summed E-state index contributed by atoms with van der Waals surface area (Å²) in [5.74, 6) is 0. The molecule has 1 unspecified atom stereocenters. The van der Waals surface area contributed by atoms with Crippen molar-refractivity contribution in [3.63, 3.8) is 0 Å². The first-order valence-corrected chi connectivity index (χ1v) is 7.51. The number of aromatic amines is 1. The number of aromatic nitrogens is 2. The Morgan fingerprint density at radius 2 is 2.10 bits per heavy atom. The SMILES string of the molecule is Cc1c(N)cccc1[S+]([O-])c1nc2cc(Cl)ccc2[nH]1. The van der Waals surface area contributed by atoms with E-state index in [0.29, 0.717) is 26.3 Å². The number of benzene rings is 2. The lowest BCUT2D eigenvalue weighted by Gasteiger charge is -2.10. The van der Waals surface area contributed by atoms with Gasteiger partial charge in [-0.05, 0) is 37.3 Å². The summed E-state index contributed by atoms with van der Waals surface area (Å²) in [6.45, 7) is 1.85. The number of H-pyrrole nitrogens is 1. The van der Waals surface area contributed by atoms with Crippen molar-refractivity contribution in [1.82, 2.24) is 9.97 Å². The first-order valence-electron chi connectivity index (χ1n) is 5.98. The minimum absolute atomic E-state index is 0.399. The van der Waals surface area contributed by atoms with Crippen LogP contribution in [0.15, 0.2) is 46.5 Å². The number of rotatable bonds is 2. The van der Waals surface area contributed by atoms with Crippen molar-refractivity contribution in [3.8, 4) is 0 Å². The highest BCUT2D eigenvalue weighted by molar-refractivity contribution is 7.91. The van der Waals surface area contributed by atoms with E-state index in [1.165, 1.54) is 0 Å². The number of anilines is 1. The Labute approximate surface area is 124 Å². The minimum Gasteiger partial charge on any atom is -0.604 e. The third-order valence-corrected chi connectivity index (χ3v) is 4.75. The first kappa shape index (κ1) is 13.3. The van der Waals surface area contributed by atoms with Gasteiger partial charge in [0.25, 0.3) is 0 Å². The average molecular weight is 306 g/mol. The molecule has 1 heterocycles. The normalized spacial score (nSPS) is 12.8. The fraction of sp³-hybridized carbons (Fsp3) is 0.0714. The van der Waals surface area contributed by atoms with Crippen molar-refractivity contribution in [2.24, 2.45) is 0 Å². The molecule has 6 heteroatoms. The van der Waals surface area contributed by atoms with Gasteiger partial charge in [-0.25, -0.2) is 0 Å². The van der Waals surface area contributed by atoms with Gasteiger partial charge in [0.05, 0.1) is 22.2 Å². The lowest BCUT2D eigenvalue weighted by Crippen LogP contribution is -2.07. The summed E-state index contributed by atoms with van der Waals surface area (Å²) in [5, 5.41) is 0.998. The first-order chi connectivity index (χ1) is 9.56. The van der Waals surface area contributed by atoms with Gasteiger partial charge >= 0.3 is 5.16 Å². The van der Waals surface area contributed by atoms with Crippen LogP contribution in [0.25, 0.3) is 11.0 Å². The van der Waals surface area contributed by atoms with Crippen molar-refractivity contribution in [1.29, 1.82) is 0 Å². The van der Waals surface area contributed by atoms with Crippen LogP contribution in [0, 0.1) is 6.92 Å².